The maximum atomic E-state index is 13.6. The van der Waals surface area contributed by atoms with Gasteiger partial charge in [0.25, 0.3) is 5.91 Å². The van der Waals surface area contributed by atoms with Gasteiger partial charge in [-0.05, 0) is 23.8 Å². The maximum Gasteiger partial charge on any atom is 0.313 e. The second-order valence-electron chi connectivity index (χ2n) is 9.70. The zero-order chi connectivity index (χ0) is 29.1. The molecule has 1 aliphatic rings. The van der Waals surface area contributed by atoms with Crippen LogP contribution in [0.4, 0.5) is 0 Å². The lowest BCUT2D eigenvalue weighted by Crippen LogP contribution is -2.49. The molecule has 1 aliphatic heterocycles. The molecule has 2 aromatic carbocycles. The average Bonchev–Trinajstić information content (AvgIpc) is 3.54. The van der Waals surface area contributed by atoms with Crippen LogP contribution in [-0.2, 0) is 25.6 Å². The van der Waals surface area contributed by atoms with Crippen molar-refractivity contribution < 1.29 is 24.0 Å². The van der Waals surface area contributed by atoms with Gasteiger partial charge in [0.15, 0.2) is 5.82 Å². The Labute approximate surface area is 243 Å². The van der Waals surface area contributed by atoms with Crippen LogP contribution in [0.25, 0.3) is 17.1 Å². The molecule has 11 heteroatoms. The van der Waals surface area contributed by atoms with Gasteiger partial charge in [-0.1, -0.05) is 60.7 Å². The number of nitrogens with zero attached hydrogens (tertiary/aromatic N) is 4. The number of aromatic nitrogens is 3. The van der Waals surface area contributed by atoms with Gasteiger partial charge in [-0.2, -0.15) is 5.10 Å². The molecule has 1 unspecified atom stereocenters. The van der Waals surface area contributed by atoms with Crippen molar-refractivity contribution in [2.75, 3.05) is 39.5 Å². The largest absolute Gasteiger partial charge is 0.379 e. The first-order chi connectivity index (χ1) is 20.6. The Bertz CT molecular complexity index is 1490. The normalized spacial score (nSPS) is 14.2. The van der Waals surface area contributed by atoms with E-state index in [9.17, 15) is 14.4 Å². The highest BCUT2D eigenvalue weighted by atomic mass is 16.7. The molecule has 11 nitrogen and oxygen atoms in total. The summed E-state index contributed by atoms with van der Waals surface area (Å²) < 4.78 is 6.84. The Hall–Kier alpha value is -4.71. The van der Waals surface area contributed by atoms with Crippen LogP contribution in [0.5, 0.6) is 0 Å². The summed E-state index contributed by atoms with van der Waals surface area (Å²) in [5.74, 6) is -2.04. The van der Waals surface area contributed by atoms with Crippen molar-refractivity contribution in [1.82, 2.24) is 30.5 Å². The van der Waals surface area contributed by atoms with Gasteiger partial charge in [0.05, 0.1) is 31.1 Å². The summed E-state index contributed by atoms with van der Waals surface area (Å²) in [6.07, 6.45) is 3.39. The van der Waals surface area contributed by atoms with Crippen molar-refractivity contribution >= 4 is 17.6 Å². The topological polar surface area (TPSA) is 128 Å². The fourth-order valence-corrected chi connectivity index (χ4v) is 4.58. The highest BCUT2D eigenvalue weighted by Crippen LogP contribution is 2.19. The molecule has 2 N–H and O–H groups in total. The molecule has 2 aromatic heterocycles. The fraction of sp³-hybridized carbons (Fsp3) is 0.258. The van der Waals surface area contributed by atoms with E-state index in [0.717, 1.165) is 29.9 Å². The molecule has 5 rings (SSSR count). The van der Waals surface area contributed by atoms with Crippen LogP contribution < -0.4 is 10.8 Å². The summed E-state index contributed by atoms with van der Waals surface area (Å²) in [7, 11) is 0. The molecule has 42 heavy (non-hydrogen) atoms. The molecule has 3 heterocycles. The Morgan fingerprint density at radius 3 is 2.43 bits per heavy atom. The number of rotatable bonds is 12. The van der Waals surface area contributed by atoms with Gasteiger partial charge >= 0.3 is 5.91 Å². The SMILES string of the molecule is O=C(NOCCN1CCOCC1)C(=O)C(Cc1ccccc1)NC(=O)c1cccnc1-n1ccc(-c2ccccc2)n1. The summed E-state index contributed by atoms with van der Waals surface area (Å²) in [5.41, 5.74) is 4.85. The number of hydrogen-bond acceptors (Lipinski definition) is 8. The summed E-state index contributed by atoms with van der Waals surface area (Å²) in [6, 6.07) is 22.7. The third-order valence-corrected chi connectivity index (χ3v) is 6.81. The lowest BCUT2D eigenvalue weighted by Gasteiger charge is -2.26. The van der Waals surface area contributed by atoms with Gasteiger partial charge in [-0.3, -0.25) is 24.1 Å². The van der Waals surface area contributed by atoms with Crippen LogP contribution in [0.15, 0.2) is 91.3 Å². The zero-order valence-corrected chi connectivity index (χ0v) is 23.0. The van der Waals surface area contributed by atoms with Crippen molar-refractivity contribution in [3.8, 4) is 17.1 Å². The molecular weight excluding hydrogens is 536 g/mol. The van der Waals surface area contributed by atoms with Crippen molar-refractivity contribution in [1.29, 1.82) is 0 Å². The quantitative estimate of drug-likeness (QED) is 0.151. The second kappa shape index (κ2) is 14.3. The first-order valence-electron chi connectivity index (χ1n) is 13.8. The lowest BCUT2D eigenvalue weighted by atomic mass is 10.0. The monoisotopic (exact) mass is 568 g/mol. The van der Waals surface area contributed by atoms with Crippen LogP contribution in [0, 0.1) is 0 Å². The highest BCUT2D eigenvalue weighted by molar-refractivity contribution is 6.38. The number of pyridine rings is 1. The van der Waals surface area contributed by atoms with E-state index in [1.165, 1.54) is 4.68 Å². The smallest absolute Gasteiger partial charge is 0.313 e. The molecule has 1 fully saturated rings. The van der Waals surface area contributed by atoms with Gasteiger partial charge in [-0.25, -0.2) is 15.1 Å². The van der Waals surface area contributed by atoms with Crippen LogP contribution in [-0.4, -0.2) is 82.8 Å². The Morgan fingerprint density at radius 2 is 1.67 bits per heavy atom. The third-order valence-electron chi connectivity index (χ3n) is 6.81. The van der Waals surface area contributed by atoms with Gasteiger partial charge in [-0.15, -0.1) is 0 Å². The van der Waals surface area contributed by atoms with Gasteiger partial charge in [0.2, 0.25) is 5.78 Å². The highest BCUT2D eigenvalue weighted by Gasteiger charge is 2.29. The first-order valence-corrected chi connectivity index (χ1v) is 13.8. The van der Waals surface area contributed by atoms with Crippen molar-refractivity contribution in [2.45, 2.75) is 12.5 Å². The second-order valence-corrected chi connectivity index (χ2v) is 9.70. The summed E-state index contributed by atoms with van der Waals surface area (Å²) in [5, 5.41) is 7.34. The summed E-state index contributed by atoms with van der Waals surface area (Å²) in [4.78, 5) is 51.4. The number of nitrogens with one attached hydrogen (secondary N) is 2. The summed E-state index contributed by atoms with van der Waals surface area (Å²) in [6.45, 7) is 3.67. The third kappa shape index (κ3) is 7.52. The van der Waals surface area contributed by atoms with E-state index in [1.807, 2.05) is 66.7 Å². The molecule has 216 valence electrons. The molecule has 0 radical (unpaired) electrons. The van der Waals surface area contributed by atoms with E-state index in [1.54, 1.807) is 24.5 Å². The van der Waals surface area contributed by atoms with E-state index in [0.29, 0.717) is 25.6 Å². The van der Waals surface area contributed by atoms with E-state index in [4.69, 9.17) is 9.57 Å². The van der Waals surface area contributed by atoms with Crippen LogP contribution in [0.1, 0.15) is 15.9 Å². The zero-order valence-electron chi connectivity index (χ0n) is 23.0. The molecule has 0 spiro atoms. The average molecular weight is 569 g/mol. The predicted molar refractivity (Wildman–Crippen MR) is 155 cm³/mol. The number of hydrogen-bond donors (Lipinski definition) is 2. The minimum absolute atomic E-state index is 0.113. The number of hydroxylamine groups is 1. The van der Waals surface area contributed by atoms with E-state index >= 15 is 0 Å². The van der Waals surface area contributed by atoms with Crippen LogP contribution in [0.2, 0.25) is 0 Å². The molecule has 0 aliphatic carbocycles. The molecular formula is C31H32N6O5. The minimum atomic E-state index is -1.15. The Balaban J connectivity index is 1.28. The molecule has 2 amide bonds. The van der Waals surface area contributed by atoms with Crippen molar-refractivity contribution in [2.24, 2.45) is 0 Å². The van der Waals surface area contributed by atoms with Gasteiger partial charge in [0.1, 0.15) is 6.04 Å². The van der Waals surface area contributed by atoms with E-state index in [-0.39, 0.29) is 18.6 Å². The maximum absolute atomic E-state index is 13.6. The molecule has 0 bridgehead atoms. The lowest BCUT2D eigenvalue weighted by molar-refractivity contribution is -0.147. The van der Waals surface area contributed by atoms with Gasteiger partial charge < -0.3 is 10.1 Å². The van der Waals surface area contributed by atoms with E-state index < -0.39 is 23.6 Å². The number of ketones is 1. The van der Waals surface area contributed by atoms with Crippen LogP contribution >= 0.6 is 0 Å². The fourth-order valence-electron chi connectivity index (χ4n) is 4.58. The van der Waals surface area contributed by atoms with Gasteiger partial charge in [0, 0.05) is 44.0 Å². The molecule has 0 saturated carbocycles. The van der Waals surface area contributed by atoms with Crippen LogP contribution in [0.3, 0.4) is 0 Å². The van der Waals surface area contributed by atoms with E-state index in [2.05, 4.69) is 25.8 Å². The number of morpholine rings is 1. The number of Topliss-reactive ketones (excluding diaryl/α,β-unsaturated/α-hetero) is 1. The molecule has 1 atom stereocenters. The summed E-state index contributed by atoms with van der Waals surface area (Å²) >= 11 is 0. The Kier molecular flexibility index (Phi) is 9.78. The number of amides is 2. The Morgan fingerprint density at radius 1 is 0.929 bits per heavy atom. The number of carbonyl (C=O) groups excluding carboxylic acids is 3. The van der Waals surface area contributed by atoms with Crippen molar-refractivity contribution in [3.05, 3.63) is 102 Å². The number of benzene rings is 2. The first kappa shape index (κ1) is 28.8. The predicted octanol–water partition coefficient (Wildman–Crippen LogP) is 2.22. The van der Waals surface area contributed by atoms with Crippen molar-refractivity contribution in [3.63, 3.8) is 0 Å². The number of ether oxygens (including phenoxy) is 1. The molecule has 1 saturated heterocycles. The minimum Gasteiger partial charge on any atom is -0.379 e. The number of carbonyl (C=O) groups is 3. The standard InChI is InChI=1S/C31H32N6O5/c38-28(31(40)35-42-21-18-36-16-19-41-20-17-36)27(22-23-8-3-1-4-9-23)33-30(39)25-12-7-14-32-29(25)37-15-13-26(34-37)24-10-5-2-6-11-24/h1-15,27H,16-22H2,(H,33,39)(H,35,40). The molecule has 4 aromatic rings.